The van der Waals surface area contributed by atoms with Crippen LogP contribution in [0.15, 0.2) is 0 Å². The van der Waals surface area contributed by atoms with Gasteiger partial charge in [-0.3, -0.25) is 9.69 Å². The molecular formula is C17H27ClN4O2. The molecule has 0 radical (unpaired) electrons. The number of hydrogen-bond donors (Lipinski definition) is 1. The molecule has 2 rings (SSSR count). The molecule has 134 valence electrons. The van der Waals surface area contributed by atoms with E-state index in [0.717, 1.165) is 42.9 Å². The number of hydrogen-bond acceptors (Lipinski definition) is 6. The number of likely N-dealkylation sites (tertiary alicyclic amines) is 1. The second-order valence-electron chi connectivity index (χ2n) is 7.39. The highest BCUT2D eigenvalue weighted by atomic mass is 35.5. The highest BCUT2D eigenvalue weighted by Crippen LogP contribution is 2.23. The van der Waals surface area contributed by atoms with E-state index in [1.54, 1.807) is 0 Å². The Morgan fingerprint density at radius 2 is 2.04 bits per heavy atom. The lowest BCUT2D eigenvalue weighted by molar-refractivity contribution is -0.156. The highest BCUT2D eigenvalue weighted by molar-refractivity contribution is 6.30. The third kappa shape index (κ3) is 5.31. The third-order valence-corrected chi connectivity index (χ3v) is 4.44. The number of aromatic nitrogens is 2. The summed E-state index contributed by atoms with van der Waals surface area (Å²) in [7, 11) is 0. The van der Waals surface area contributed by atoms with Gasteiger partial charge in [-0.05, 0) is 65.1 Å². The van der Waals surface area contributed by atoms with Crippen molar-refractivity contribution >= 4 is 23.4 Å². The second kappa shape index (κ2) is 7.66. The minimum Gasteiger partial charge on any atom is -0.459 e. The minimum absolute atomic E-state index is 0.179. The van der Waals surface area contributed by atoms with Crippen LogP contribution in [0.5, 0.6) is 0 Å². The lowest BCUT2D eigenvalue weighted by Crippen LogP contribution is -2.45. The van der Waals surface area contributed by atoms with Gasteiger partial charge in [0.05, 0.1) is 6.54 Å². The summed E-state index contributed by atoms with van der Waals surface area (Å²) in [6.45, 7) is 11.6. The van der Waals surface area contributed by atoms with Crippen molar-refractivity contribution in [3.05, 3.63) is 16.3 Å². The molecule has 0 aromatic carbocycles. The number of nitrogens with one attached hydrogen (secondary N) is 1. The first-order valence-electron chi connectivity index (χ1n) is 8.36. The Morgan fingerprint density at radius 1 is 1.33 bits per heavy atom. The smallest absolute Gasteiger partial charge is 0.320 e. The molecule has 1 aromatic heterocycles. The van der Waals surface area contributed by atoms with Gasteiger partial charge in [-0.25, -0.2) is 0 Å². The molecule has 1 aromatic rings. The first-order chi connectivity index (χ1) is 11.2. The van der Waals surface area contributed by atoms with Gasteiger partial charge < -0.3 is 10.1 Å². The standard InChI is InChI=1S/C17H27ClN4O2/c1-11-12(2)16(21-20-15(11)18)19-13-7-6-8-22(9-13)10-14(23)24-17(3,4)5/h13H,6-10H2,1-5H3,(H,19,21)/t13-/m1/s1. The van der Waals surface area contributed by atoms with E-state index in [4.69, 9.17) is 16.3 Å². The van der Waals surface area contributed by atoms with E-state index in [0.29, 0.717) is 11.7 Å². The summed E-state index contributed by atoms with van der Waals surface area (Å²) >= 11 is 6.00. The Bertz CT molecular complexity index is 601. The van der Waals surface area contributed by atoms with Crippen molar-refractivity contribution < 1.29 is 9.53 Å². The topological polar surface area (TPSA) is 67.4 Å². The van der Waals surface area contributed by atoms with Crippen LogP contribution >= 0.6 is 11.6 Å². The van der Waals surface area contributed by atoms with Gasteiger partial charge >= 0.3 is 5.97 Å². The molecule has 0 bridgehead atoms. The van der Waals surface area contributed by atoms with Crippen LogP contribution in [0.2, 0.25) is 5.15 Å². The fourth-order valence-corrected chi connectivity index (χ4v) is 2.96. The van der Waals surface area contributed by atoms with Gasteiger partial charge in [0.2, 0.25) is 0 Å². The molecule has 2 heterocycles. The molecule has 24 heavy (non-hydrogen) atoms. The van der Waals surface area contributed by atoms with Crippen molar-refractivity contribution in [1.29, 1.82) is 0 Å². The maximum absolute atomic E-state index is 12.0. The molecule has 1 atom stereocenters. The van der Waals surface area contributed by atoms with E-state index in [2.05, 4.69) is 20.4 Å². The first kappa shape index (κ1) is 18.9. The maximum atomic E-state index is 12.0. The number of ether oxygens (including phenoxy) is 1. The third-order valence-electron chi connectivity index (χ3n) is 4.08. The summed E-state index contributed by atoms with van der Waals surface area (Å²) in [6.07, 6.45) is 2.06. The molecule has 0 saturated carbocycles. The van der Waals surface area contributed by atoms with Crippen molar-refractivity contribution in [2.75, 3.05) is 25.0 Å². The van der Waals surface area contributed by atoms with Crippen molar-refractivity contribution in [3.8, 4) is 0 Å². The summed E-state index contributed by atoms with van der Waals surface area (Å²) in [6, 6.07) is 0.231. The Balaban J connectivity index is 1.94. The highest BCUT2D eigenvalue weighted by Gasteiger charge is 2.25. The quantitative estimate of drug-likeness (QED) is 0.838. The second-order valence-corrected chi connectivity index (χ2v) is 7.75. The minimum atomic E-state index is -0.446. The Hall–Kier alpha value is -1.40. The zero-order chi connectivity index (χ0) is 17.9. The van der Waals surface area contributed by atoms with Crippen LogP contribution in [0.4, 0.5) is 5.82 Å². The number of rotatable bonds is 4. The van der Waals surface area contributed by atoms with Crippen LogP contribution in [-0.2, 0) is 9.53 Å². The van der Waals surface area contributed by atoms with E-state index in [9.17, 15) is 4.79 Å². The molecule has 6 nitrogen and oxygen atoms in total. The Labute approximate surface area is 148 Å². The van der Waals surface area contributed by atoms with Crippen molar-refractivity contribution in [1.82, 2.24) is 15.1 Å². The normalized spacial score (nSPS) is 19.2. The number of carbonyl (C=O) groups is 1. The van der Waals surface area contributed by atoms with Crippen LogP contribution in [-0.4, -0.2) is 52.3 Å². The molecule has 1 aliphatic heterocycles. The van der Waals surface area contributed by atoms with Gasteiger partial charge in [0.1, 0.15) is 5.60 Å². The zero-order valence-corrected chi connectivity index (χ0v) is 15.9. The largest absolute Gasteiger partial charge is 0.459 e. The monoisotopic (exact) mass is 354 g/mol. The SMILES string of the molecule is Cc1c(Cl)nnc(N[C@@H]2CCCN(CC(=O)OC(C)(C)C)C2)c1C. The fourth-order valence-electron chi connectivity index (χ4n) is 2.78. The van der Waals surface area contributed by atoms with Gasteiger partial charge in [0.25, 0.3) is 0 Å². The van der Waals surface area contributed by atoms with Crippen molar-refractivity contribution in [2.45, 2.75) is 59.1 Å². The number of halogens is 1. The molecule has 1 aliphatic rings. The molecule has 1 saturated heterocycles. The van der Waals surface area contributed by atoms with E-state index in [-0.39, 0.29) is 12.0 Å². The molecule has 1 fully saturated rings. The van der Waals surface area contributed by atoms with Crippen LogP contribution in [0.1, 0.15) is 44.7 Å². The molecule has 1 N–H and O–H groups in total. The average molecular weight is 355 g/mol. The van der Waals surface area contributed by atoms with Gasteiger partial charge in [-0.15, -0.1) is 10.2 Å². The number of anilines is 1. The number of piperidine rings is 1. The number of carbonyl (C=O) groups excluding carboxylic acids is 1. The van der Waals surface area contributed by atoms with E-state index >= 15 is 0 Å². The maximum Gasteiger partial charge on any atom is 0.320 e. The van der Waals surface area contributed by atoms with Crippen molar-refractivity contribution in [3.63, 3.8) is 0 Å². The summed E-state index contributed by atoms with van der Waals surface area (Å²) < 4.78 is 5.40. The van der Waals surface area contributed by atoms with Gasteiger partial charge in [0, 0.05) is 12.6 Å². The number of nitrogens with zero attached hydrogens (tertiary/aromatic N) is 3. The summed E-state index contributed by atoms with van der Waals surface area (Å²) in [5.41, 5.74) is 1.51. The van der Waals surface area contributed by atoms with Crippen LogP contribution in [0.25, 0.3) is 0 Å². The number of esters is 1. The summed E-state index contributed by atoms with van der Waals surface area (Å²) in [5.74, 6) is 0.586. The van der Waals surface area contributed by atoms with Crippen LogP contribution in [0.3, 0.4) is 0 Å². The van der Waals surface area contributed by atoms with Crippen molar-refractivity contribution in [2.24, 2.45) is 0 Å². The molecule has 0 amide bonds. The average Bonchev–Trinajstić information content (AvgIpc) is 2.46. The molecular weight excluding hydrogens is 328 g/mol. The summed E-state index contributed by atoms with van der Waals surface area (Å²) in [5, 5.41) is 12.0. The van der Waals surface area contributed by atoms with Gasteiger partial charge in [0.15, 0.2) is 11.0 Å². The zero-order valence-electron chi connectivity index (χ0n) is 15.1. The summed E-state index contributed by atoms with van der Waals surface area (Å²) in [4.78, 5) is 14.1. The van der Waals surface area contributed by atoms with Gasteiger partial charge in [-0.2, -0.15) is 0 Å². The molecule has 0 unspecified atom stereocenters. The lowest BCUT2D eigenvalue weighted by Gasteiger charge is -2.33. The molecule has 7 heteroatoms. The Kier molecular flexibility index (Phi) is 6.04. The van der Waals surface area contributed by atoms with E-state index in [1.165, 1.54) is 0 Å². The molecule has 0 aliphatic carbocycles. The van der Waals surface area contributed by atoms with Crippen LogP contribution in [0, 0.1) is 13.8 Å². The lowest BCUT2D eigenvalue weighted by atomic mass is 10.1. The molecule has 0 spiro atoms. The fraction of sp³-hybridized carbons (Fsp3) is 0.706. The Morgan fingerprint density at radius 3 is 2.71 bits per heavy atom. The predicted octanol–water partition coefficient (Wildman–Crippen LogP) is 2.96. The predicted molar refractivity (Wildman–Crippen MR) is 95.4 cm³/mol. The van der Waals surface area contributed by atoms with Crippen LogP contribution < -0.4 is 5.32 Å². The first-order valence-corrected chi connectivity index (χ1v) is 8.73. The van der Waals surface area contributed by atoms with E-state index < -0.39 is 5.60 Å². The van der Waals surface area contributed by atoms with Gasteiger partial charge in [-0.1, -0.05) is 11.6 Å². The van der Waals surface area contributed by atoms with E-state index in [1.807, 2.05) is 34.6 Å².